The second-order valence-corrected chi connectivity index (χ2v) is 9.14. The van der Waals surface area contributed by atoms with Crippen molar-refractivity contribution < 1.29 is 9.59 Å². The van der Waals surface area contributed by atoms with E-state index >= 15 is 0 Å². The van der Waals surface area contributed by atoms with Crippen LogP contribution < -0.4 is 4.90 Å². The molecule has 1 aliphatic rings. The lowest BCUT2D eigenvalue weighted by atomic mass is 10.1. The predicted molar refractivity (Wildman–Crippen MR) is 132 cm³/mol. The van der Waals surface area contributed by atoms with Crippen LogP contribution in [0.5, 0.6) is 0 Å². The van der Waals surface area contributed by atoms with Crippen molar-refractivity contribution in [3.05, 3.63) is 106 Å². The lowest BCUT2D eigenvalue weighted by Gasteiger charge is -2.12. The summed E-state index contributed by atoms with van der Waals surface area (Å²) in [5.74, 6) is -0.321. The van der Waals surface area contributed by atoms with Gasteiger partial charge in [0.2, 0.25) is 0 Å². The molecule has 2 amide bonds. The largest absolute Gasteiger partial charge is 0.342 e. The Hall–Kier alpha value is -3.28. The van der Waals surface area contributed by atoms with E-state index in [-0.39, 0.29) is 11.1 Å². The number of fused-ring (bicyclic) bond motifs is 1. The summed E-state index contributed by atoms with van der Waals surface area (Å²) in [7, 11) is 0. The number of hydrogen-bond acceptors (Lipinski definition) is 3. The van der Waals surface area contributed by atoms with E-state index in [4.69, 9.17) is 11.6 Å². The summed E-state index contributed by atoms with van der Waals surface area (Å²) in [6.45, 7) is 2.81. The summed E-state index contributed by atoms with van der Waals surface area (Å²) in [5.41, 5.74) is 4.93. The van der Waals surface area contributed by atoms with Gasteiger partial charge in [-0.3, -0.25) is 9.59 Å². The Morgan fingerprint density at radius 3 is 2.53 bits per heavy atom. The Bertz CT molecular complexity index is 1390. The maximum Gasteiger partial charge on any atom is 0.298 e. The molecule has 0 spiro atoms. The second-order valence-electron chi connectivity index (χ2n) is 7.71. The van der Waals surface area contributed by atoms with Crippen LogP contribution >= 0.6 is 23.4 Å². The van der Waals surface area contributed by atoms with E-state index in [0.29, 0.717) is 15.6 Å². The van der Waals surface area contributed by atoms with Crippen LogP contribution in [0.4, 0.5) is 10.5 Å². The molecule has 0 atom stereocenters. The van der Waals surface area contributed by atoms with Crippen LogP contribution in [-0.4, -0.2) is 15.7 Å². The summed E-state index contributed by atoms with van der Waals surface area (Å²) in [4.78, 5) is 27.3. The number of thioether (sulfide) groups is 1. The maximum absolute atomic E-state index is 13.1. The Labute approximate surface area is 195 Å². The van der Waals surface area contributed by atoms with Gasteiger partial charge in [-0.05, 0) is 60.7 Å². The van der Waals surface area contributed by atoms with Crippen LogP contribution in [0.3, 0.4) is 0 Å². The molecular formula is C26H19ClN2O2S. The SMILES string of the molecule is Cc1cccc(Cn2cc(/C=C3/SC(=O)N(c4ccc(Cl)cc4)C3=O)c3ccccc32)c1. The molecule has 2 heterocycles. The number of para-hydroxylation sites is 1. The molecule has 4 nitrogen and oxygen atoms in total. The van der Waals surface area contributed by atoms with Gasteiger partial charge >= 0.3 is 0 Å². The molecule has 5 rings (SSSR count). The number of hydrogen-bond donors (Lipinski definition) is 0. The van der Waals surface area contributed by atoms with Gasteiger partial charge in [0.15, 0.2) is 0 Å². The first kappa shape index (κ1) is 20.6. The maximum atomic E-state index is 13.1. The van der Waals surface area contributed by atoms with E-state index in [2.05, 4.69) is 41.8 Å². The van der Waals surface area contributed by atoms with Crippen molar-refractivity contribution in [2.75, 3.05) is 4.90 Å². The average Bonchev–Trinajstić information content (AvgIpc) is 3.26. The molecule has 0 N–H and O–H groups in total. The zero-order chi connectivity index (χ0) is 22.2. The van der Waals surface area contributed by atoms with Crippen LogP contribution in [0.15, 0.2) is 83.9 Å². The molecule has 0 saturated carbocycles. The van der Waals surface area contributed by atoms with Crippen LogP contribution in [0.25, 0.3) is 17.0 Å². The minimum Gasteiger partial charge on any atom is -0.342 e. The number of rotatable bonds is 4. The van der Waals surface area contributed by atoms with E-state index in [9.17, 15) is 9.59 Å². The Balaban J connectivity index is 1.52. The molecule has 0 aliphatic carbocycles. The second kappa shape index (κ2) is 8.34. The number of aryl methyl sites for hydroxylation is 1. The standard InChI is InChI=1S/C26H19ClN2O2S/c1-17-5-4-6-18(13-17)15-28-16-19(22-7-2-3-8-23(22)28)14-24-25(30)29(26(31)32-24)21-11-9-20(27)10-12-21/h2-14,16H,15H2,1H3/b24-14+. The molecule has 1 fully saturated rings. The third kappa shape index (κ3) is 3.85. The number of carbonyl (C=O) groups excluding carboxylic acids is 2. The fraction of sp³-hybridized carbons (Fsp3) is 0.0769. The Morgan fingerprint density at radius 2 is 1.75 bits per heavy atom. The van der Waals surface area contributed by atoms with Crippen molar-refractivity contribution >= 4 is 57.2 Å². The number of carbonyl (C=O) groups is 2. The normalized spacial score (nSPS) is 15.3. The van der Waals surface area contributed by atoms with Crippen molar-refractivity contribution in [3.8, 4) is 0 Å². The summed E-state index contributed by atoms with van der Waals surface area (Å²) < 4.78 is 2.18. The highest BCUT2D eigenvalue weighted by Crippen LogP contribution is 2.37. The van der Waals surface area contributed by atoms with E-state index in [1.807, 2.05) is 30.5 Å². The number of halogens is 1. The van der Waals surface area contributed by atoms with Gasteiger partial charge in [0.05, 0.1) is 10.6 Å². The van der Waals surface area contributed by atoms with Crippen molar-refractivity contribution in [1.82, 2.24) is 4.57 Å². The summed E-state index contributed by atoms with van der Waals surface area (Å²) >= 11 is 6.90. The van der Waals surface area contributed by atoms with Crippen LogP contribution in [0.1, 0.15) is 16.7 Å². The fourth-order valence-corrected chi connectivity index (χ4v) is 4.91. The van der Waals surface area contributed by atoms with Crippen LogP contribution in [0, 0.1) is 6.92 Å². The molecular weight excluding hydrogens is 440 g/mol. The molecule has 158 valence electrons. The number of nitrogens with zero attached hydrogens (tertiary/aromatic N) is 2. The number of benzene rings is 3. The first-order chi connectivity index (χ1) is 15.5. The highest BCUT2D eigenvalue weighted by atomic mass is 35.5. The molecule has 3 aromatic carbocycles. The first-order valence-corrected chi connectivity index (χ1v) is 11.4. The minimum atomic E-state index is -0.321. The fourth-order valence-electron chi connectivity index (χ4n) is 3.95. The van der Waals surface area contributed by atoms with Gasteiger partial charge in [0.1, 0.15) is 0 Å². The smallest absolute Gasteiger partial charge is 0.298 e. The van der Waals surface area contributed by atoms with Gasteiger partial charge in [-0.15, -0.1) is 0 Å². The van der Waals surface area contributed by atoms with Crippen LogP contribution in [-0.2, 0) is 11.3 Å². The Morgan fingerprint density at radius 1 is 0.969 bits per heavy atom. The van der Waals surface area contributed by atoms with Gasteiger partial charge in [0.25, 0.3) is 11.1 Å². The van der Waals surface area contributed by atoms with E-state index < -0.39 is 0 Å². The third-order valence-corrected chi connectivity index (χ3v) is 6.54. The number of anilines is 1. The highest BCUT2D eigenvalue weighted by molar-refractivity contribution is 8.19. The van der Waals surface area contributed by atoms with Gasteiger partial charge in [0, 0.05) is 34.2 Å². The predicted octanol–water partition coefficient (Wildman–Crippen LogP) is 6.89. The lowest BCUT2D eigenvalue weighted by molar-refractivity contribution is -0.113. The van der Waals surface area contributed by atoms with Gasteiger partial charge in [-0.25, -0.2) is 4.90 Å². The van der Waals surface area contributed by atoms with E-state index in [0.717, 1.165) is 34.8 Å². The third-order valence-electron chi connectivity index (χ3n) is 5.42. The lowest BCUT2D eigenvalue weighted by Crippen LogP contribution is -2.27. The van der Waals surface area contributed by atoms with Crippen molar-refractivity contribution in [2.45, 2.75) is 13.5 Å². The molecule has 1 saturated heterocycles. The molecule has 1 aromatic heterocycles. The monoisotopic (exact) mass is 458 g/mol. The molecule has 0 radical (unpaired) electrons. The average molecular weight is 459 g/mol. The van der Waals surface area contributed by atoms with Gasteiger partial charge in [-0.1, -0.05) is 59.6 Å². The minimum absolute atomic E-state index is 0.313. The van der Waals surface area contributed by atoms with Crippen molar-refractivity contribution in [2.24, 2.45) is 0 Å². The zero-order valence-electron chi connectivity index (χ0n) is 17.3. The van der Waals surface area contributed by atoms with E-state index in [1.165, 1.54) is 16.0 Å². The molecule has 0 unspecified atom stereocenters. The van der Waals surface area contributed by atoms with Crippen molar-refractivity contribution in [3.63, 3.8) is 0 Å². The quantitative estimate of drug-likeness (QED) is 0.312. The zero-order valence-corrected chi connectivity index (χ0v) is 18.9. The Kier molecular flexibility index (Phi) is 5.37. The molecule has 32 heavy (non-hydrogen) atoms. The molecule has 1 aliphatic heterocycles. The molecule has 4 aromatic rings. The number of amides is 2. The highest BCUT2D eigenvalue weighted by Gasteiger charge is 2.36. The molecule has 6 heteroatoms. The summed E-state index contributed by atoms with van der Waals surface area (Å²) in [6.07, 6.45) is 3.86. The first-order valence-electron chi connectivity index (χ1n) is 10.2. The van der Waals surface area contributed by atoms with Gasteiger partial charge < -0.3 is 4.57 Å². The summed E-state index contributed by atoms with van der Waals surface area (Å²) in [6, 6.07) is 23.2. The van der Waals surface area contributed by atoms with Gasteiger partial charge in [-0.2, -0.15) is 0 Å². The number of aromatic nitrogens is 1. The topological polar surface area (TPSA) is 42.3 Å². The van der Waals surface area contributed by atoms with Crippen LogP contribution in [0.2, 0.25) is 5.02 Å². The van der Waals surface area contributed by atoms with Crippen molar-refractivity contribution in [1.29, 1.82) is 0 Å². The summed E-state index contributed by atoms with van der Waals surface area (Å²) in [5, 5.41) is 1.28. The number of imide groups is 1. The molecule has 0 bridgehead atoms. The van der Waals surface area contributed by atoms with E-state index in [1.54, 1.807) is 24.3 Å².